The van der Waals surface area contributed by atoms with Crippen LogP contribution in [-0.2, 0) is 11.4 Å². The van der Waals surface area contributed by atoms with E-state index in [1.807, 2.05) is 61.5 Å². The molecule has 186 valence electrons. The predicted molar refractivity (Wildman–Crippen MR) is 155 cm³/mol. The number of thioether (sulfide) groups is 1. The van der Waals surface area contributed by atoms with Crippen LogP contribution in [0.4, 0.5) is 5.69 Å². The van der Waals surface area contributed by atoms with E-state index >= 15 is 0 Å². The lowest BCUT2D eigenvalue weighted by molar-refractivity contribution is -0.122. The molecule has 0 N–H and O–H groups in total. The molecule has 6 nitrogen and oxygen atoms in total. The number of hydrogen-bond donors (Lipinski definition) is 0. The number of likely N-dealkylation sites (N-methyl/N-ethyl adjacent to an activating group) is 1. The minimum Gasteiger partial charge on any atom is -0.497 e. The summed E-state index contributed by atoms with van der Waals surface area (Å²) in [5.41, 5.74) is 2.50. The van der Waals surface area contributed by atoms with Gasteiger partial charge in [0, 0.05) is 10.1 Å². The SMILES string of the molecule is CCN1C(=O)/C(=C\c2cc(Cl)c(OCc3ccc(I)cc3)c(OC)c2)SC1=Nc1ccc(OC)cc1. The molecule has 1 fully saturated rings. The normalized spacial score (nSPS) is 15.6. The van der Waals surface area contributed by atoms with Crippen molar-refractivity contribution < 1.29 is 19.0 Å². The van der Waals surface area contributed by atoms with Crippen molar-refractivity contribution in [1.82, 2.24) is 4.90 Å². The predicted octanol–water partition coefficient (Wildman–Crippen LogP) is 7.16. The molecule has 0 aliphatic carbocycles. The maximum Gasteiger partial charge on any atom is 0.266 e. The van der Waals surface area contributed by atoms with E-state index in [4.69, 9.17) is 25.8 Å². The molecule has 0 aromatic heterocycles. The molecule has 0 saturated carbocycles. The summed E-state index contributed by atoms with van der Waals surface area (Å²) in [4.78, 5) is 19.9. The van der Waals surface area contributed by atoms with Gasteiger partial charge in [-0.05, 0) is 107 Å². The van der Waals surface area contributed by atoms with Gasteiger partial charge in [0.05, 0.1) is 29.8 Å². The highest BCUT2D eigenvalue weighted by atomic mass is 127. The van der Waals surface area contributed by atoms with Gasteiger partial charge >= 0.3 is 0 Å². The van der Waals surface area contributed by atoms with E-state index in [1.54, 1.807) is 31.3 Å². The summed E-state index contributed by atoms with van der Waals surface area (Å²) in [6, 6.07) is 19.0. The topological polar surface area (TPSA) is 60.4 Å². The van der Waals surface area contributed by atoms with Crippen molar-refractivity contribution >= 4 is 68.8 Å². The monoisotopic (exact) mass is 634 g/mol. The van der Waals surface area contributed by atoms with Crippen LogP contribution < -0.4 is 14.2 Å². The van der Waals surface area contributed by atoms with E-state index in [2.05, 4.69) is 27.6 Å². The molecule has 36 heavy (non-hydrogen) atoms. The van der Waals surface area contributed by atoms with Crippen LogP contribution in [0.15, 0.2) is 70.6 Å². The van der Waals surface area contributed by atoms with Gasteiger partial charge in [-0.3, -0.25) is 9.69 Å². The lowest BCUT2D eigenvalue weighted by Gasteiger charge is -2.14. The molecule has 0 atom stereocenters. The van der Waals surface area contributed by atoms with Crippen molar-refractivity contribution in [2.24, 2.45) is 4.99 Å². The summed E-state index contributed by atoms with van der Waals surface area (Å²) >= 11 is 10.2. The molecule has 3 aromatic rings. The fourth-order valence-corrected chi connectivity index (χ4v) is 5.18. The third-order valence-electron chi connectivity index (χ3n) is 5.35. The van der Waals surface area contributed by atoms with Gasteiger partial charge in [0.2, 0.25) is 0 Å². The number of ether oxygens (including phenoxy) is 3. The van der Waals surface area contributed by atoms with Crippen LogP contribution in [0.2, 0.25) is 5.02 Å². The standard InChI is InChI=1S/C27H24ClIN2O4S/c1-4-31-26(32)24(36-27(31)30-20-9-11-21(33-2)12-10-20)15-18-13-22(28)25(23(14-18)34-3)35-16-17-5-7-19(29)8-6-17/h5-15H,4,16H2,1-3H3/b24-15+,30-27?. The molecule has 0 spiro atoms. The van der Waals surface area contributed by atoms with Crippen LogP contribution in [-0.4, -0.2) is 36.7 Å². The number of halogens is 2. The largest absolute Gasteiger partial charge is 0.497 e. The smallest absolute Gasteiger partial charge is 0.266 e. The summed E-state index contributed by atoms with van der Waals surface area (Å²) in [5, 5.41) is 1.02. The van der Waals surface area contributed by atoms with Crippen LogP contribution in [0.1, 0.15) is 18.1 Å². The highest BCUT2D eigenvalue weighted by Crippen LogP contribution is 2.40. The maximum atomic E-state index is 13.1. The molecule has 1 aliphatic rings. The molecule has 3 aromatic carbocycles. The van der Waals surface area contributed by atoms with Crippen molar-refractivity contribution in [2.45, 2.75) is 13.5 Å². The number of methoxy groups -OCH3 is 2. The number of benzene rings is 3. The zero-order valence-corrected chi connectivity index (χ0v) is 23.7. The Morgan fingerprint density at radius 3 is 2.42 bits per heavy atom. The number of carbonyl (C=O) groups excluding carboxylic acids is 1. The van der Waals surface area contributed by atoms with Gasteiger partial charge in [0.25, 0.3) is 5.91 Å². The van der Waals surface area contributed by atoms with Gasteiger partial charge in [-0.25, -0.2) is 4.99 Å². The quantitative estimate of drug-likeness (QED) is 0.194. The number of hydrogen-bond acceptors (Lipinski definition) is 6. The Morgan fingerprint density at radius 2 is 1.78 bits per heavy atom. The van der Waals surface area contributed by atoms with Crippen molar-refractivity contribution in [2.75, 3.05) is 20.8 Å². The van der Waals surface area contributed by atoms with Crippen LogP contribution in [0.3, 0.4) is 0 Å². The first-order valence-electron chi connectivity index (χ1n) is 11.1. The molecule has 0 bridgehead atoms. The van der Waals surface area contributed by atoms with E-state index in [1.165, 1.54) is 11.8 Å². The zero-order chi connectivity index (χ0) is 25.7. The van der Waals surface area contributed by atoms with Gasteiger partial charge < -0.3 is 14.2 Å². The zero-order valence-electron chi connectivity index (χ0n) is 20.0. The number of rotatable bonds is 8. The van der Waals surface area contributed by atoms with E-state index in [-0.39, 0.29) is 5.91 Å². The summed E-state index contributed by atoms with van der Waals surface area (Å²) in [6.07, 6.45) is 1.80. The maximum absolute atomic E-state index is 13.1. The van der Waals surface area contributed by atoms with E-state index in [0.29, 0.717) is 39.7 Å². The van der Waals surface area contributed by atoms with Gasteiger partial charge in [0.1, 0.15) is 12.4 Å². The minimum absolute atomic E-state index is 0.108. The second-order valence-electron chi connectivity index (χ2n) is 7.70. The Hall–Kier alpha value is -2.69. The lowest BCUT2D eigenvalue weighted by Crippen LogP contribution is -2.28. The molecule has 9 heteroatoms. The molecule has 4 rings (SSSR count). The molecular weight excluding hydrogens is 611 g/mol. The van der Waals surface area contributed by atoms with Gasteiger partial charge in [-0.15, -0.1) is 0 Å². The number of carbonyl (C=O) groups is 1. The first-order chi connectivity index (χ1) is 17.4. The Morgan fingerprint density at radius 1 is 1.06 bits per heavy atom. The molecule has 0 radical (unpaired) electrons. The summed E-state index contributed by atoms with van der Waals surface area (Å²) in [6.45, 7) is 2.79. The second-order valence-corrected chi connectivity index (χ2v) is 10.4. The van der Waals surface area contributed by atoms with Crippen LogP contribution in [0, 0.1) is 3.57 Å². The van der Waals surface area contributed by atoms with E-state index < -0.39 is 0 Å². The van der Waals surface area contributed by atoms with Crippen molar-refractivity contribution in [3.63, 3.8) is 0 Å². The fraction of sp³-hybridized carbons (Fsp3) is 0.185. The lowest BCUT2D eigenvalue weighted by atomic mass is 10.1. The van der Waals surface area contributed by atoms with Gasteiger partial charge in [0.15, 0.2) is 16.7 Å². The van der Waals surface area contributed by atoms with Crippen LogP contribution >= 0.6 is 46.0 Å². The Bertz CT molecular complexity index is 1310. The summed E-state index contributed by atoms with van der Waals surface area (Å²) < 4.78 is 17.9. The minimum atomic E-state index is -0.108. The van der Waals surface area contributed by atoms with Crippen LogP contribution in [0.25, 0.3) is 6.08 Å². The Balaban J connectivity index is 1.57. The third-order valence-corrected chi connectivity index (χ3v) is 7.35. The number of amides is 1. The number of nitrogens with zero attached hydrogens (tertiary/aromatic N) is 2. The van der Waals surface area contributed by atoms with Crippen molar-refractivity contribution in [3.8, 4) is 17.2 Å². The highest BCUT2D eigenvalue weighted by molar-refractivity contribution is 14.1. The highest BCUT2D eigenvalue weighted by Gasteiger charge is 2.32. The average molecular weight is 635 g/mol. The van der Waals surface area contributed by atoms with Gasteiger partial charge in [-0.2, -0.15) is 0 Å². The molecule has 1 amide bonds. The van der Waals surface area contributed by atoms with Crippen LogP contribution in [0.5, 0.6) is 17.2 Å². The van der Waals surface area contributed by atoms with Crippen molar-refractivity contribution in [1.29, 1.82) is 0 Å². The number of amidine groups is 1. The second kappa shape index (κ2) is 12.0. The fourth-order valence-electron chi connectivity index (χ4n) is 3.49. The molecule has 1 saturated heterocycles. The van der Waals surface area contributed by atoms with Crippen molar-refractivity contribution in [3.05, 3.63) is 85.3 Å². The van der Waals surface area contributed by atoms with Gasteiger partial charge in [-0.1, -0.05) is 23.7 Å². The first-order valence-corrected chi connectivity index (χ1v) is 13.4. The summed E-state index contributed by atoms with van der Waals surface area (Å²) in [7, 11) is 3.18. The average Bonchev–Trinajstić information content (AvgIpc) is 3.17. The first kappa shape index (κ1) is 26.4. The Kier molecular flexibility index (Phi) is 8.81. The van der Waals surface area contributed by atoms with E-state index in [0.717, 1.165) is 26.1 Å². The molecule has 1 aliphatic heterocycles. The third kappa shape index (κ3) is 6.16. The van der Waals surface area contributed by atoms with E-state index in [9.17, 15) is 4.79 Å². The number of aliphatic imine (C=N–C) groups is 1. The molecular formula is C27H24ClIN2O4S. The molecule has 1 heterocycles. The summed E-state index contributed by atoms with van der Waals surface area (Å²) in [5.74, 6) is 1.60. The molecule has 0 unspecified atom stereocenters. The Labute approximate surface area is 233 Å².